The van der Waals surface area contributed by atoms with Crippen LogP contribution in [0.4, 0.5) is 0 Å². The Hall–Kier alpha value is -1.05. The summed E-state index contributed by atoms with van der Waals surface area (Å²) < 4.78 is 6.69. The second kappa shape index (κ2) is 6.21. The smallest absolute Gasteiger partial charge is 0.137 e. The maximum Gasteiger partial charge on any atom is 0.137 e. The molecule has 1 aliphatic carbocycles. The molecule has 0 saturated heterocycles. The summed E-state index contributed by atoms with van der Waals surface area (Å²) in [6.45, 7) is 0. The van der Waals surface area contributed by atoms with E-state index in [2.05, 4.69) is 22.0 Å². The number of nitriles is 1. The maximum absolute atomic E-state index is 10.0. The van der Waals surface area contributed by atoms with Gasteiger partial charge in [-0.3, -0.25) is 0 Å². The number of rotatable bonds is 2. The van der Waals surface area contributed by atoms with Crippen LogP contribution in [0.1, 0.15) is 37.7 Å². The van der Waals surface area contributed by atoms with Gasteiger partial charge in [0, 0.05) is 4.47 Å². The molecule has 0 aromatic heterocycles. The molecule has 0 amide bonds. The van der Waals surface area contributed by atoms with Crippen molar-refractivity contribution in [3.63, 3.8) is 0 Å². The number of halogens is 1. The highest BCUT2D eigenvalue weighted by atomic mass is 79.9. The van der Waals surface area contributed by atoms with E-state index < -0.39 is 6.10 Å². The third-order valence-corrected chi connectivity index (χ3v) is 3.75. The first-order valence-electron chi connectivity index (χ1n) is 6.25. The number of aliphatic hydroxyl groups is 1. The van der Waals surface area contributed by atoms with E-state index in [1.54, 1.807) is 12.1 Å². The van der Waals surface area contributed by atoms with Gasteiger partial charge in [0.15, 0.2) is 0 Å². The van der Waals surface area contributed by atoms with Gasteiger partial charge in [0.2, 0.25) is 0 Å². The van der Waals surface area contributed by atoms with Gasteiger partial charge in [0.05, 0.1) is 11.7 Å². The molecule has 3 nitrogen and oxygen atoms in total. The molecule has 1 aromatic rings. The number of ether oxygens (including phenoxy) is 1. The molecule has 2 rings (SSSR count). The van der Waals surface area contributed by atoms with E-state index in [4.69, 9.17) is 10.00 Å². The lowest BCUT2D eigenvalue weighted by Gasteiger charge is -2.22. The van der Waals surface area contributed by atoms with Crippen molar-refractivity contribution in [3.8, 4) is 11.8 Å². The van der Waals surface area contributed by atoms with E-state index >= 15 is 0 Å². The molecule has 0 aliphatic heterocycles. The van der Waals surface area contributed by atoms with Crippen molar-refractivity contribution >= 4 is 15.9 Å². The van der Waals surface area contributed by atoms with Gasteiger partial charge in [-0.1, -0.05) is 28.8 Å². The highest BCUT2D eigenvalue weighted by Gasteiger charge is 2.24. The van der Waals surface area contributed by atoms with Crippen molar-refractivity contribution in [1.29, 1.82) is 5.26 Å². The number of hydrogen-bond acceptors (Lipinski definition) is 3. The highest BCUT2D eigenvalue weighted by molar-refractivity contribution is 9.10. The van der Waals surface area contributed by atoms with Gasteiger partial charge in [0.25, 0.3) is 0 Å². The van der Waals surface area contributed by atoms with Crippen LogP contribution in [0.25, 0.3) is 0 Å². The summed E-state index contributed by atoms with van der Waals surface area (Å²) in [5.41, 5.74) is 0.501. The van der Waals surface area contributed by atoms with Crippen LogP contribution >= 0.6 is 15.9 Å². The van der Waals surface area contributed by atoms with Crippen LogP contribution in [-0.2, 0) is 0 Å². The summed E-state index contributed by atoms with van der Waals surface area (Å²) in [5.74, 6) is 0.562. The van der Waals surface area contributed by atoms with E-state index in [0.29, 0.717) is 11.3 Å². The minimum absolute atomic E-state index is 0.194. The summed E-state index contributed by atoms with van der Waals surface area (Å²) in [4.78, 5) is 0. The summed E-state index contributed by atoms with van der Waals surface area (Å²) in [5, 5.41) is 19.1. The second-order valence-corrected chi connectivity index (χ2v) is 5.53. The Morgan fingerprint density at radius 1 is 1.28 bits per heavy atom. The Balaban J connectivity index is 2.15. The number of aliphatic hydroxyl groups excluding tert-OH is 1. The minimum atomic E-state index is -0.428. The van der Waals surface area contributed by atoms with Gasteiger partial charge in [-0.2, -0.15) is 5.26 Å². The molecule has 18 heavy (non-hydrogen) atoms. The second-order valence-electron chi connectivity index (χ2n) is 4.61. The van der Waals surface area contributed by atoms with Gasteiger partial charge in [0.1, 0.15) is 17.9 Å². The average Bonchev–Trinajstić information content (AvgIpc) is 2.57. The molecule has 0 heterocycles. The molecule has 1 saturated carbocycles. The van der Waals surface area contributed by atoms with Crippen LogP contribution in [-0.4, -0.2) is 17.3 Å². The normalized spacial score (nSPS) is 24.1. The van der Waals surface area contributed by atoms with Crippen molar-refractivity contribution in [2.75, 3.05) is 0 Å². The largest absolute Gasteiger partial charge is 0.486 e. The van der Waals surface area contributed by atoms with Crippen molar-refractivity contribution in [2.45, 2.75) is 44.3 Å². The molecule has 0 bridgehead atoms. The molecule has 1 aromatic carbocycles. The molecule has 1 aliphatic rings. The quantitative estimate of drug-likeness (QED) is 0.852. The van der Waals surface area contributed by atoms with Crippen LogP contribution in [0.3, 0.4) is 0 Å². The van der Waals surface area contributed by atoms with Crippen LogP contribution in [0, 0.1) is 11.3 Å². The molecule has 0 spiro atoms. The van der Waals surface area contributed by atoms with Crippen LogP contribution in [0.2, 0.25) is 0 Å². The minimum Gasteiger partial charge on any atom is -0.486 e. The Kier molecular flexibility index (Phi) is 4.62. The van der Waals surface area contributed by atoms with Crippen molar-refractivity contribution in [3.05, 3.63) is 28.2 Å². The predicted octanol–water partition coefficient (Wildman–Crippen LogP) is 3.39. The molecule has 2 atom stereocenters. The Bertz CT molecular complexity index is 456. The molecular formula is C14H16BrNO2. The lowest BCUT2D eigenvalue weighted by atomic mass is 10.1. The van der Waals surface area contributed by atoms with E-state index in [-0.39, 0.29) is 6.10 Å². The SMILES string of the molecule is N#Cc1cc(Br)ccc1OC1CCCCCC1O. The van der Waals surface area contributed by atoms with Crippen molar-refractivity contribution in [1.82, 2.24) is 0 Å². The standard InChI is InChI=1S/C14H16BrNO2/c15-11-6-7-13(10(8-11)9-16)18-14-5-3-1-2-4-12(14)17/h6-8,12,14,17H,1-5H2. The first-order valence-corrected chi connectivity index (χ1v) is 7.04. The summed E-state index contributed by atoms with van der Waals surface area (Å²) in [7, 11) is 0. The third kappa shape index (κ3) is 3.24. The van der Waals surface area contributed by atoms with E-state index in [9.17, 15) is 5.11 Å². The Morgan fingerprint density at radius 3 is 2.83 bits per heavy atom. The number of nitrogens with zero attached hydrogens (tertiary/aromatic N) is 1. The van der Waals surface area contributed by atoms with Gasteiger partial charge < -0.3 is 9.84 Å². The van der Waals surface area contributed by atoms with Gasteiger partial charge in [-0.15, -0.1) is 0 Å². The molecular weight excluding hydrogens is 294 g/mol. The summed E-state index contributed by atoms with van der Waals surface area (Å²) in [6, 6.07) is 7.48. The summed E-state index contributed by atoms with van der Waals surface area (Å²) in [6.07, 6.45) is 4.27. The fourth-order valence-electron chi connectivity index (χ4n) is 2.25. The van der Waals surface area contributed by atoms with E-state index in [0.717, 1.165) is 36.6 Å². The lowest BCUT2D eigenvalue weighted by Crippen LogP contribution is -2.30. The molecule has 4 heteroatoms. The molecule has 1 N–H and O–H groups in total. The van der Waals surface area contributed by atoms with Crippen LogP contribution in [0.5, 0.6) is 5.75 Å². The Morgan fingerprint density at radius 2 is 2.06 bits per heavy atom. The summed E-state index contributed by atoms with van der Waals surface area (Å²) >= 11 is 3.33. The molecule has 0 radical (unpaired) electrons. The zero-order valence-electron chi connectivity index (χ0n) is 10.1. The average molecular weight is 310 g/mol. The van der Waals surface area contributed by atoms with Gasteiger partial charge >= 0.3 is 0 Å². The highest BCUT2D eigenvalue weighted by Crippen LogP contribution is 2.27. The van der Waals surface area contributed by atoms with Crippen LogP contribution < -0.4 is 4.74 Å². The topological polar surface area (TPSA) is 53.2 Å². The fourth-order valence-corrected chi connectivity index (χ4v) is 2.61. The molecule has 2 unspecified atom stereocenters. The predicted molar refractivity (Wildman–Crippen MR) is 72.4 cm³/mol. The lowest BCUT2D eigenvalue weighted by molar-refractivity contribution is 0.0318. The van der Waals surface area contributed by atoms with E-state index in [1.165, 1.54) is 0 Å². The van der Waals surface area contributed by atoms with E-state index in [1.807, 2.05) is 6.07 Å². The number of benzene rings is 1. The van der Waals surface area contributed by atoms with Crippen LogP contribution in [0.15, 0.2) is 22.7 Å². The maximum atomic E-state index is 10.0. The van der Waals surface area contributed by atoms with Crippen molar-refractivity contribution in [2.24, 2.45) is 0 Å². The van der Waals surface area contributed by atoms with Gasteiger partial charge in [-0.05, 0) is 37.5 Å². The fraction of sp³-hybridized carbons (Fsp3) is 0.500. The zero-order valence-corrected chi connectivity index (χ0v) is 11.7. The van der Waals surface area contributed by atoms with Gasteiger partial charge in [-0.25, -0.2) is 0 Å². The number of hydrogen-bond donors (Lipinski definition) is 1. The molecule has 1 fully saturated rings. The first kappa shape index (κ1) is 13.4. The first-order chi connectivity index (χ1) is 8.70. The molecule has 96 valence electrons. The monoisotopic (exact) mass is 309 g/mol. The third-order valence-electron chi connectivity index (χ3n) is 3.26. The van der Waals surface area contributed by atoms with Crippen molar-refractivity contribution < 1.29 is 9.84 Å². The Labute approximate surface area is 116 Å². The zero-order chi connectivity index (χ0) is 13.0.